The Morgan fingerprint density at radius 2 is 1.90 bits per heavy atom. The molecule has 30 heavy (non-hydrogen) atoms. The van der Waals surface area contributed by atoms with Gasteiger partial charge in [-0.1, -0.05) is 30.3 Å². The highest BCUT2D eigenvalue weighted by Crippen LogP contribution is 2.16. The summed E-state index contributed by atoms with van der Waals surface area (Å²) in [4.78, 5) is 29.3. The maximum absolute atomic E-state index is 12.9. The zero-order valence-electron chi connectivity index (χ0n) is 17.5. The van der Waals surface area contributed by atoms with Crippen molar-refractivity contribution in [1.29, 1.82) is 0 Å². The quantitative estimate of drug-likeness (QED) is 0.626. The summed E-state index contributed by atoms with van der Waals surface area (Å²) in [7, 11) is 0. The third-order valence-electron chi connectivity index (χ3n) is 4.34. The van der Waals surface area contributed by atoms with Crippen LogP contribution in [0.1, 0.15) is 43.6 Å². The highest BCUT2D eigenvalue weighted by Gasteiger charge is 2.27. The molecule has 0 unspecified atom stereocenters. The van der Waals surface area contributed by atoms with Crippen LogP contribution in [-0.2, 0) is 15.9 Å². The van der Waals surface area contributed by atoms with E-state index in [9.17, 15) is 9.59 Å². The lowest BCUT2D eigenvalue weighted by Crippen LogP contribution is -2.46. The van der Waals surface area contributed by atoms with Gasteiger partial charge in [-0.05, 0) is 39.3 Å². The third-order valence-corrected chi connectivity index (χ3v) is 4.34. The van der Waals surface area contributed by atoms with Crippen molar-refractivity contribution in [3.8, 4) is 0 Å². The van der Waals surface area contributed by atoms with Gasteiger partial charge in [0.1, 0.15) is 17.3 Å². The van der Waals surface area contributed by atoms with E-state index in [1.807, 2.05) is 30.3 Å². The molecular weight excluding hydrogens is 384 g/mol. The van der Waals surface area contributed by atoms with E-state index in [1.165, 1.54) is 10.7 Å². The summed E-state index contributed by atoms with van der Waals surface area (Å²) in [6.45, 7) is 7.14. The number of rotatable bonds is 6. The minimum Gasteiger partial charge on any atom is -0.456 e. The van der Waals surface area contributed by atoms with E-state index >= 15 is 0 Å². The lowest BCUT2D eigenvalue weighted by molar-refractivity contribution is 0.0161. The van der Waals surface area contributed by atoms with E-state index in [0.29, 0.717) is 12.1 Å². The number of hydrogen-bond acceptors (Lipinski definition) is 6. The minimum absolute atomic E-state index is 0.262. The summed E-state index contributed by atoms with van der Waals surface area (Å²) in [5.41, 5.74) is 1.02. The van der Waals surface area contributed by atoms with E-state index in [1.54, 1.807) is 46.2 Å². The molecule has 3 rings (SSSR count). The van der Waals surface area contributed by atoms with E-state index in [2.05, 4.69) is 15.4 Å². The topological polar surface area (TPSA) is 94.8 Å². The number of benzene rings is 1. The van der Waals surface area contributed by atoms with Crippen LogP contribution in [0.25, 0.3) is 5.65 Å². The van der Waals surface area contributed by atoms with Gasteiger partial charge < -0.3 is 14.8 Å². The van der Waals surface area contributed by atoms with Crippen LogP contribution in [0.4, 0.5) is 4.79 Å². The largest absolute Gasteiger partial charge is 0.456 e. The van der Waals surface area contributed by atoms with Gasteiger partial charge in [0, 0.05) is 18.8 Å². The smallest absolute Gasteiger partial charge is 0.407 e. The molecule has 8 nitrogen and oxygen atoms in total. The number of aromatic nitrogens is 3. The molecule has 1 aromatic carbocycles. The van der Waals surface area contributed by atoms with Crippen LogP contribution in [0.5, 0.6) is 0 Å². The summed E-state index contributed by atoms with van der Waals surface area (Å²) >= 11 is 0. The Labute approximate surface area is 175 Å². The second-order valence-corrected chi connectivity index (χ2v) is 8.01. The van der Waals surface area contributed by atoms with Crippen LogP contribution in [0.15, 0.2) is 55.0 Å². The number of amides is 1. The molecule has 0 saturated heterocycles. The van der Waals surface area contributed by atoms with Crippen LogP contribution in [0.2, 0.25) is 0 Å². The van der Waals surface area contributed by atoms with Crippen molar-refractivity contribution in [3.63, 3.8) is 0 Å². The number of carbonyl (C=O) groups is 2. The number of ether oxygens (including phenoxy) is 2. The Kier molecular flexibility index (Phi) is 6.34. The predicted molar refractivity (Wildman–Crippen MR) is 111 cm³/mol. The number of nitrogens with zero attached hydrogens (tertiary/aromatic N) is 3. The number of esters is 1. The predicted octanol–water partition coefficient (Wildman–Crippen LogP) is 3.41. The molecule has 0 bridgehead atoms. The molecular formula is C22H26N4O4. The third kappa shape index (κ3) is 5.56. The number of hydrogen-bond donors (Lipinski definition) is 1. The summed E-state index contributed by atoms with van der Waals surface area (Å²) in [6.07, 6.45) is 3.95. The molecule has 0 aliphatic carbocycles. The van der Waals surface area contributed by atoms with Crippen LogP contribution < -0.4 is 5.32 Å². The first-order chi connectivity index (χ1) is 14.2. The normalized spacial score (nSPS) is 13.5. The number of fused-ring (bicyclic) bond motifs is 1. The highest BCUT2D eigenvalue weighted by atomic mass is 16.6. The molecule has 0 saturated carbocycles. The Bertz CT molecular complexity index is 1010. The Morgan fingerprint density at radius 3 is 2.60 bits per heavy atom. The average molecular weight is 410 g/mol. The van der Waals surface area contributed by atoms with Gasteiger partial charge in [0.05, 0.1) is 12.2 Å². The standard InChI is InChI=1S/C22H26N4O4/c1-15(25-21(28)30-22(2,3)4)18(13-16-9-6-5-7-10-16)29-20(27)17-14-24-26-12-8-11-23-19(17)26/h5-12,14-15,18H,13H2,1-4H3,(H,25,28)/t15-,18+/m1/s1. The molecule has 0 fully saturated rings. The van der Waals surface area contributed by atoms with Gasteiger partial charge in [0.15, 0.2) is 5.65 Å². The molecule has 8 heteroatoms. The van der Waals surface area contributed by atoms with Gasteiger partial charge in [-0.3, -0.25) is 0 Å². The first kappa shape index (κ1) is 21.3. The van der Waals surface area contributed by atoms with Gasteiger partial charge in [0.2, 0.25) is 0 Å². The molecule has 3 aromatic rings. The fourth-order valence-electron chi connectivity index (χ4n) is 2.93. The minimum atomic E-state index is -0.627. The van der Waals surface area contributed by atoms with Gasteiger partial charge >= 0.3 is 12.1 Å². The molecule has 0 radical (unpaired) electrons. The molecule has 158 valence electrons. The van der Waals surface area contributed by atoms with Gasteiger partial charge in [-0.15, -0.1) is 0 Å². The zero-order valence-corrected chi connectivity index (χ0v) is 17.5. The second kappa shape index (κ2) is 8.94. The summed E-state index contributed by atoms with van der Waals surface area (Å²) in [5, 5.41) is 6.90. The van der Waals surface area contributed by atoms with Gasteiger partial charge in [-0.2, -0.15) is 5.10 Å². The fraction of sp³-hybridized carbons (Fsp3) is 0.364. The molecule has 0 aliphatic rings. The maximum atomic E-state index is 12.9. The molecule has 0 spiro atoms. The average Bonchev–Trinajstić information content (AvgIpc) is 3.11. The Hall–Kier alpha value is -3.42. The van der Waals surface area contributed by atoms with E-state index in [-0.39, 0.29) is 5.56 Å². The first-order valence-corrected chi connectivity index (χ1v) is 9.76. The van der Waals surface area contributed by atoms with Crippen LogP contribution in [0, 0.1) is 0 Å². The van der Waals surface area contributed by atoms with Gasteiger partial charge in [-0.25, -0.2) is 19.1 Å². The maximum Gasteiger partial charge on any atom is 0.407 e. The first-order valence-electron chi connectivity index (χ1n) is 9.76. The number of alkyl carbamates (subject to hydrolysis) is 1. The summed E-state index contributed by atoms with van der Waals surface area (Å²) in [5.74, 6) is -0.553. The van der Waals surface area contributed by atoms with Crippen molar-refractivity contribution >= 4 is 17.7 Å². The molecule has 1 amide bonds. The van der Waals surface area contributed by atoms with Crippen molar-refractivity contribution in [2.75, 3.05) is 0 Å². The van der Waals surface area contributed by atoms with E-state index in [4.69, 9.17) is 9.47 Å². The van der Waals surface area contributed by atoms with Crippen molar-refractivity contribution in [2.45, 2.75) is 51.9 Å². The van der Waals surface area contributed by atoms with Crippen LogP contribution in [-0.4, -0.2) is 44.4 Å². The van der Waals surface area contributed by atoms with E-state index in [0.717, 1.165) is 5.56 Å². The highest BCUT2D eigenvalue weighted by molar-refractivity contribution is 5.95. The van der Waals surface area contributed by atoms with Crippen LogP contribution in [0.3, 0.4) is 0 Å². The Balaban J connectivity index is 1.78. The van der Waals surface area contributed by atoms with Crippen molar-refractivity contribution in [1.82, 2.24) is 19.9 Å². The number of nitrogens with one attached hydrogen (secondary N) is 1. The van der Waals surface area contributed by atoms with Crippen molar-refractivity contribution in [3.05, 3.63) is 66.1 Å². The van der Waals surface area contributed by atoms with Gasteiger partial charge in [0.25, 0.3) is 0 Å². The SMILES string of the molecule is C[C@@H](NC(=O)OC(C)(C)C)[C@H](Cc1ccccc1)OC(=O)c1cnn2cccnc12. The van der Waals surface area contributed by atoms with E-state index < -0.39 is 29.8 Å². The molecule has 2 atom stereocenters. The summed E-state index contributed by atoms with van der Waals surface area (Å²) in [6, 6.07) is 10.9. The fourth-order valence-corrected chi connectivity index (χ4v) is 2.93. The lowest BCUT2D eigenvalue weighted by Gasteiger charge is -2.27. The summed E-state index contributed by atoms with van der Waals surface area (Å²) < 4.78 is 12.6. The van der Waals surface area contributed by atoms with Crippen LogP contribution >= 0.6 is 0 Å². The molecule has 2 aromatic heterocycles. The number of carbonyl (C=O) groups excluding carboxylic acids is 2. The van der Waals surface area contributed by atoms with Crippen molar-refractivity contribution in [2.24, 2.45) is 0 Å². The molecule has 1 N–H and O–H groups in total. The monoisotopic (exact) mass is 410 g/mol. The second-order valence-electron chi connectivity index (χ2n) is 8.01. The molecule has 0 aliphatic heterocycles. The lowest BCUT2D eigenvalue weighted by atomic mass is 10.0. The van der Waals surface area contributed by atoms with Crippen molar-refractivity contribution < 1.29 is 19.1 Å². The zero-order chi connectivity index (χ0) is 21.7. The Morgan fingerprint density at radius 1 is 1.17 bits per heavy atom. The molecule has 2 heterocycles.